The van der Waals surface area contributed by atoms with Crippen LogP contribution in [0.5, 0.6) is 0 Å². The van der Waals surface area contributed by atoms with Crippen molar-refractivity contribution in [2.75, 3.05) is 39.3 Å². The average molecular weight is 282 g/mol. The van der Waals surface area contributed by atoms with Gasteiger partial charge in [-0.2, -0.15) is 0 Å². The summed E-state index contributed by atoms with van der Waals surface area (Å²) in [6, 6.07) is 0. The predicted molar refractivity (Wildman–Crippen MR) is 85.1 cm³/mol. The van der Waals surface area contributed by atoms with Gasteiger partial charge in [-0.15, -0.1) is 0 Å². The first-order chi connectivity index (χ1) is 9.10. The monoisotopic (exact) mass is 282 g/mol. The molecule has 0 saturated carbocycles. The van der Waals surface area contributed by atoms with Crippen LogP contribution in [0.25, 0.3) is 0 Å². The molecule has 0 amide bonds. The van der Waals surface area contributed by atoms with Crippen LogP contribution in [0.4, 0.5) is 0 Å². The molecule has 0 radical (unpaired) electrons. The topological polar surface area (TPSA) is 15.7 Å². The smallest absolute Gasteiger partial charge is 0.0600 e. The van der Waals surface area contributed by atoms with Crippen molar-refractivity contribution in [1.29, 1.82) is 0 Å². The average Bonchev–Trinajstić information content (AvgIpc) is 2.85. The molecule has 20 heavy (non-hydrogen) atoms. The highest BCUT2D eigenvalue weighted by atomic mass is 16.5. The Balaban J connectivity index is 1.78. The number of hydrogen-bond acceptors (Lipinski definition) is 3. The van der Waals surface area contributed by atoms with Crippen molar-refractivity contribution in [3.05, 3.63) is 0 Å². The molecule has 1 atom stereocenters. The van der Waals surface area contributed by atoms with Crippen LogP contribution in [0, 0.1) is 5.41 Å². The molecule has 1 spiro atoms. The molecule has 0 aromatic carbocycles. The molecule has 1 unspecified atom stereocenters. The van der Waals surface area contributed by atoms with Gasteiger partial charge in [0.15, 0.2) is 0 Å². The summed E-state index contributed by atoms with van der Waals surface area (Å²) in [5.74, 6) is 0. The lowest BCUT2D eigenvalue weighted by molar-refractivity contribution is -0.0118. The lowest BCUT2D eigenvalue weighted by Gasteiger charge is -2.33. The van der Waals surface area contributed by atoms with Crippen molar-refractivity contribution in [3.63, 3.8) is 0 Å². The first-order valence-electron chi connectivity index (χ1n) is 8.21. The summed E-state index contributed by atoms with van der Waals surface area (Å²) in [7, 11) is 0. The zero-order valence-corrected chi connectivity index (χ0v) is 14.5. The van der Waals surface area contributed by atoms with E-state index in [9.17, 15) is 0 Å². The van der Waals surface area contributed by atoms with Gasteiger partial charge in [0.2, 0.25) is 0 Å². The van der Waals surface area contributed by atoms with E-state index in [-0.39, 0.29) is 5.60 Å². The molecule has 2 fully saturated rings. The Hall–Kier alpha value is -0.120. The lowest BCUT2D eigenvalue weighted by atomic mass is 9.86. The predicted octanol–water partition coefficient (Wildman–Crippen LogP) is 3.00. The van der Waals surface area contributed by atoms with Gasteiger partial charge in [0.25, 0.3) is 0 Å². The first-order valence-corrected chi connectivity index (χ1v) is 8.21. The van der Waals surface area contributed by atoms with Crippen molar-refractivity contribution in [1.82, 2.24) is 9.80 Å². The maximum Gasteiger partial charge on any atom is 0.0600 e. The van der Waals surface area contributed by atoms with E-state index in [1.54, 1.807) is 0 Å². The van der Waals surface area contributed by atoms with Crippen molar-refractivity contribution in [3.8, 4) is 0 Å². The van der Waals surface area contributed by atoms with E-state index < -0.39 is 0 Å². The summed E-state index contributed by atoms with van der Waals surface area (Å²) in [6.45, 7) is 20.5. The first kappa shape index (κ1) is 16.3. The van der Waals surface area contributed by atoms with Gasteiger partial charge in [-0.05, 0) is 72.9 Å². The fraction of sp³-hybridized carbons (Fsp3) is 1.00. The fourth-order valence-corrected chi connectivity index (χ4v) is 3.54. The minimum Gasteiger partial charge on any atom is -0.375 e. The quantitative estimate of drug-likeness (QED) is 0.791. The van der Waals surface area contributed by atoms with Crippen LogP contribution in [0.3, 0.4) is 0 Å². The Kier molecular flexibility index (Phi) is 4.54. The summed E-state index contributed by atoms with van der Waals surface area (Å²) < 4.78 is 5.87. The van der Waals surface area contributed by atoms with Crippen molar-refractivity contribution in [2.24, 2.45) is 5.41 Å². The Morgan fingerprint density at radius 1 is 0.950 bits per heavy atom. The maximum atomic E-state index is 5.87. The molecule has 0 N–H and O–H groups in total. The second kappa shape index (κ2) is 5.58. The van der Waals surface area contributed by atoms with Crippen LogP contribution in [-0.2, 0) is 4.74 Å². The number of nitrogens with zero attached hydrogens (tertiary/aromatic N) is 2. The number of ether oxygens (including phenoxy) is 1. The van der Waals surface area contributed by atoms with Gasteiger partial charge in [0.05, 0.1) is 12.2 Å². The second-order valence-corrected chi connectivity index (χ2v) is 8.83. The lowest BCUT2D eigenvalue weighted by Crippen LogP contribution is -2.41. The molecule has 0 aromatic rings. The third-order valence-electron chi connectivity index (χ3n) is 4.85. The summed E-state index contributed by atoms with van der Waals surface area (Å²) in [5.41, 5.74) is 0.884. The van der Waals surface area contributed by atoms with Gasteiger partial charge in [-0.25, -0.2) is 0 Å². The van der Waals surface area contributed by atoms with Crippen LogP contribution >= 0.6 is 0 Å². The Morgan fingerprint density at radius 3 is 2.15 bits per heavy atom. The number of likely N-dealkylation sites (tertiary alicyclic amines) is 2. The van der Waals surface area contributed by atoms with E-state index in [2.05, 4.69) is 51.3 Å². The Bertz CT molecular complexity index is 329. The normalized spacial score (nSPS) is 29.7. The summed E-state index contributed by atoms with van der Waals surface area (Å²) >= 11 is 0. The van der Waals surface area contributed by atoms with Crippen LogP contribution in [0.1, 0.15) is 54.4 Å². The highest BCUT2D eigenvalue weighted by molar-refractivity contribution is 4.99. The third kappa shape index (κ3) is 4.19. The highest BCUT2D eigenvalue weighted by Crippen LogP contribution is 2.41. The molecule has 2 heterocycles. The van der Waals surface area contributed by atoms with Crippen molar-refractivity contribution >= 4 is 0 Å². The van der Waals surface area contributed by atoms with Gasteiger partial charge in [-0.3, -0.25) is 4.90 Å². The highest BCUT2D eigenvalue weighted by Gasteiger charge is 2.45. The van der Waals surface area contributed by atoms with Gasteiger partial charge in [0, 0.05) is 25.2 Å². The Labute approximate surface area is 125 Å². The number of hydrogen-bond donors (Lipinski definition) is 0. The molecule has 2 rings (SSSR count). The van der Waals surface area contributed by atoms with E-state index >= 15 is 0 Å². The molecule has 3 nitrogen and oxygen atoms in total. The Morgan fingerprint density at radius 2 is 1.60 bits per heavy atom. The van der Waals surface area contributed by atoms with Gasteiger partial charge < -0.3 is 9.64 Å². The van der Waals surface area contributed by atoms with Crippen LogP contribution in [0.2, 0.25) is 0 Å². The fourth-order valence-electron chi connectivity index (χ4n) is 3.54. The molecule has 0 aromatic heterocycles. The summed E-state index contributed by atoms with van der Waals surface area (Å²) in [5, 5.41) is 0. The zero-order chi connectivity index (χ0) is 15.0. The third-order valence-corrected chi connectivity index (χ3v) is 4.85. The summed E-state index contributed by atoms with van der Waals surface area (Å²) in [4.78, 5) is 5.28. The molecule has 0 aliphatic carbocycles. The largest absolute Gasteiger partial charge is 0.375 e. The molecule has 118 valence electrons. The van der Waals surface area contributed by atoms with Gasteiger partial charge >= 0.3 is 0 Å². The molecule has 2 saturated heterocycles. The van der Waals surface area contributed by atoms with E-state index in [1.807, 2.05) is 0 Å². The van der Waals surface area contributed by atoms with E-state index in [1.165, 1.54) is 39.0 Å². The number of rotatable bonds is 3. The molecule has 2 aliphatic heterocycles. The molecule has 3 heteroatoms. The van der Waals surface area contributed by atoms with Crippen molar-refractivity contribution in [2.45, 2.75) is 65.5 Å². The molecule has 0 bridgehead atoms. The van der Waals surface area contributed by atoms with E-state index in [0.29, 0.717) is 11.0 Å². The standard InChI is InChI=1S/C17H34N2O/c1-15(2,3)19-10-8-17(14-19)7-9-18(13-17)11-12-20-16(4,5)6/h7-14H2,1-6H3. The van der Waals surface area contributed by atoms with Crippen LogP contribution in [-0.4, -0.2) is 60.3 Å². The van der Waals surface area contributed by atoms with Crippen LogP contribution < -0.4 is 0 Å². The van der Waals surface area contributed by atoms with E-state index in [0.717, 1.165) is 13.2 Å². The second-order valence-electron chi connectivity index (χ2n) is 8.83. The minimum atomic E-state index is -0.00615. The van der Waals surface area contributed by atoms with Crippen molar-refractivity contribution < 1.29 is 4.74 Å². The molecular formula is C17H34N2O. The zero-order valence-electron chi connectivity index (χ0n) is 14.5. The molecular weight excluding hydrogens is 248 g/mol. The molecule has 2 aliphatic rings. The SMILES string of the molecule is CC(C)(C)OCCN1CCC2(CCN(C(C)(C)C)C2)C1. The van der Waals surface area contributed by atoms with E-state index in [4.69, 9.17) is 4.74 Å². The van der Waals surface area contributed by atoms with Gasteiger partial charge in [0.1, 0.15) is 0 Å². The maximum absolute atomic E-state index is 5.87. The van der Waals surface area contributed by atoms with Crippen LogP contribution in [0.15, 0.2) is 0 Å². The minimum absolute atomic E-state index is 0.00615. The van der Waals surface area contributed by atoms with Gasteiger partial charge in [-0.1, -0.05) is 0 Å². The summed E-state index contributed by atoms with van der Waals surface area (Å²) in [6.07, 6.45) is 2.75.